The number of thiophene rings is 1. The van der Waals surface area contributed by atoms with Crippen LogP contribution in [0.4, 0.5) is 0 Å². The third kappa shape index (κ3) is 3.60. The van der Waals surface area contributed by atoms with E-state index in [0.717, 1.165) is 18.4 Å². The molecule has 0 bridgehead atoms. The molecule has 6 nitrogen and oxygen atoms in total. The molecular formula is C14H18N2O4S. The molecule has 0 unspecified atom stereocenters. The second-order valence-electron chi connectivity index (χ2n) is 5.21. The van der Waals surface area contributed by atoms with Crippen molar-refractivity contribution in [2.24, 2.45) is 11.8 Å². The average molecular weight is 310 g/mol. The molecule has 2 amide bonds. The number of aliphatic carboxylic acids is 1. The Balaban J connectivity index is 1.93. The maximum Gasteiger partial charge on any atom is 0.307 e. The number of rotatable bonds is 3. The van der Waals surface area contributed by atoms with Crippen molar-refractivity contribution in [3.05, 3.63) is 21.9 Å². The van der Waals surface area contributed by atoms with Crippen molar-refractivity contribution in [2.75, 3.05) is 0 Å². The van der Waals surface area contributed by atoms with Crippen molar-refractivity contribution in [2.45, 2.75) is 32.6 Å². The minimum atomic E-state index is -0.949. The SMILES string of the molecule is Cc1ccsc1C(=O)NNC(=O)[C@@H]1CCCC[C@H]1C(=O)O. The first-order valence-corrected chi connectivity index (χ1v) is 7.75. The van der Waals surface area contributed by atoms with E-state index < -0.39 is 23.7 Å². The standard InChI is InChI=1S/C14H18N2O4S/c1-8-6-7-21-11(8)13(18)16-15-12(17)9-4-2-3-5-10(9)14(19)20/h6-7,9-10H,2-5H2,1H3,(H,15,17)(H,16,18)(H,19,20)/t9-,10-/m1/s1. The largest absolute Gasteiger partial charge is 0.481 e. The zero-order valence-electron chi connectivity index (χ0n) is 11.7. The van der Waals surface area contributed by atoms with Gasteiger partial charge in [0.05, 0.1) is 16.7 Å². The highest BCUT2D eigenvalue weighted by atomic mass is 32.1. The normalized spacial score (nSPS) is 21.6. The molecule has 0 aliphatic heterocycles. The van der Waals surface area contributed by atoms with Gasteiger partial charge in [0.1, 0.15) is 0 Å². The van der Waals surface area contributed by atoms with Gasteiger partial charge in [0.2, 0.25) is 5.91 Å². The van der Waals surface area contributed by atoms with Crippen LogP contribution in [0.2, 0.25) is 0 Å². The van der Waals surface area contributed by atoms with E-state index in [1.54, 1.807) is 5.38 Å². The Kier molecular flexibility index (Phi) is 4.95. The lowest BCUT2D eigenvalue weighted by atomic mass is 9.79. The summed E-state index contributed by atoms with van der Waals surface area (Å²) in [4.78, 5) is 35.7. The van der Waals surface area contributed by atoms with Gasteiger partial charge in [-0.2, -0.15) is 0 Å². The molecule has 1 fully saturated rings. The highest BCUT2D eigenvalue weighted by Crippen LogP contribution is 2.30. The predicted octanol–water partition coefficient (Wildman–Crippen LogP) is 1.71. The van der Waals surface area contributed by atoms with Crippen LogP contribution in [0.1, 0.15) is 40.9 Å². The summed E-state index contributed by atoms with van der Waals surface area (Å²) in [6, 6.07) is 1.82. The molecule has 114 valence electrons. The maximum absolute atomic E-state index is 12.1. The highest BCUT2D eigenvalue weighted by Gasteiger charge is 2.35. The predicted molar refractivity (Wildman–Crippen MR) is 77.7 cm³/mol. The summed E-state index contributed by atoms with van der Waals surface area (Å²) >= 11 is 1.29. The molecule has 21 heavy (non-hydrogen) atoms. The van der Waals surface area contributed by atoms with Crippen molar-refractivity contribution in [1.82, 2.24) is 10.9 Å². The lowest BCUT2D eigenvalue weighted by molar-refractivity contribution is -0.149. The first-order valence-electron chi connectivity index (χ1n) is 6.87. The quantitative estimate of drug-likeness (QED) is 0.741. The lowest BCUT2D eigenvalue weighted by Crippen LogP contribution is -2.47. The Morgan fingerprint density at radius 3 is 2.43 bits per heavy atom. The Bertz CT molecular complexity index is 555. The third-order valence-electron chi connectivity index (χ3n) is 3.79. The van der Waals surface area contributed by atoms with Gasteiger partial charge in [-0.3, -0.25) is 25.2 Å². The number of carboxylic acids is 1. The minimum absolute atomic E-state index is 0.376. The number of carbonyl (C=O) groups excluding carboxylic acids is 2. The van der Waals surface area contributed by atoms with Crippen LogP contribution in [0.25, 0.3) is 0 Å². The fourth-order valence-corrected chi connectivity index (χ4v) is 3.43. The van der Waals surface area contributed by atoms with Crippen molar-refractivity contribution >= 4 is 29.1 Å². The van der Waals surface area contributed by atoms with Crippen LogP contribution in [0.15, 0.2) is 11.4 Å². The third-order valence-corrected chi connectivity index (χ3v) is 4.80. The van der Waals surface area contributed by atoms with Gasteiger partial charge in [0, 0.05) is 0 Å². The van der Waals surface area contributed by atoms with E-state index in [4.69, 9.17) is 5.11 Å². The molecule has 3 N–H and O–H groups in total. The van der Waals surface area contributed by atoms with Crippen LogP contribution < -0.4 is 10.9 Å². The van der Waals surface area contributed by atoms with Crippen LogP contribution in [-0.4, -0.2) is 22.9 Å². The molecule has 7 heteroatoms. The fourth-order valence-electron chi connectivity index (χ4n) is 2.61. The fraction of sp³-hybridized carbons (Fsp3) is 0.500. The number of carbonyl (C=O) groups is 3. The summed E-state index contributed by atoms with van der Waals surface area (Å²) in [5.41, 5.74) is 5.56. The molecule has 0 radical (unpaired) electrons. The summed E-state index contributed by atoms with van der Waals surface area (Å²) in [6.45, 7) is 1.81. The molecule has 0 saturated heterocycles. The van der Waals surface area contributed by atoms with Gasteiger partial charge in [-0.25, -0.2) is 0 Å². The zero-order valence-corrected chi connectivity index (χ0v) is 12.5. The van der Waals surface area contributed by atoms with Gasteiger partial charge >= 0.3 is 5.97 Å². The molecule has 1 aliphatic rings. The number of nitrogens with one attached hydrogen (secondary N) is 2. The van der Waals surface area contributed by atoms with Gasteiger partial charge in [-0.1, -0.05) is 12.8 Å². The van der Waals surface area contributed by atoms with Gasteiger partial charge in [0.15, 0.2) is 0 Å². The Labute approximate surface area is 126 Å². The van der Waals surface area contributed by atoms with Crippen molar-refractivity contribution < 1.29 is 19.5 Å². The number of carboxylic acid groups (broad SMARTS) is 1. The number of amides is 2. The minimum Gasteiger partial charge on any atom is -0.481 e. The lowest BCUT2D eigenvalue weighted by Gasteiger charge is -2.27. The van der Waals surface area contributed by atoms with E-state index in [1.807, 2.05) is 13.0 Å². The number of hydrogen-bond donors (Lipinski definition) is 3. The number of hydrazine groups is 1. The monoisotopic (exact) mass is 310 g/mol. The van der Waals surface area contributed by atoms with Crippen LogP contribution in [0.5, 0.6) is 0 Å². The van der Waals surface area contributed by atoms with E-state index in [1.165, 1.54) is 11.3 Å². The number of hydrogen-bond acceptors (Lipinski definition) is 4. The smallest absolute Gasteiger partial charge is 0.307 e. The van der Waals surface area contributed by atoms with Crippen LogP contribution >= 0.6 is 11.3 Å². The Hall–Kier alpha value is -1.89. The van der Waals surface area contributed by atoms with Crippen molar-refractivity contribution in [1.29, 1.82) is 0 Å². The van der Waals surface area contributed by atoms with E-state index in [2.05, 4.69) is 10.9 Å². The Morgan fingerprint density at radius 1 is 1.19 bits per heavy atom. The van der Waals surface area contributed by atoms with E-state index >= 15 is 0 Å². The second kappa shape index (κ2) is 6.71. The Morgan fingerprint density at radius 2 is 1.86 bits per heavy atom. The molecule has 0 aromatic carbocycles. The maximum atomic E-state index is 12.1. The molecule has 1 saturated carbocycles. The zero-order chi connectivity index (χ0) is 15.4. The summed E-state index contributed by atoms with van der Waals surface area (Å²) in [5.74, 6) is -3.00. The van der Waals surface area contributed by atoms with Gasteiger partial charge in [-0.05, 0) is 36.8 Å². The van der Waals surface area contributed by atoms with E-state index in [9.17, 15) is 14.4 Å². The van der Waals surface area contributed by atoms with Crippen molar-refractivity contribution in [3.8, 4) is 0 Å². The molecule has 0 spiro atoms. The summed E-state index contributed by atoms with van der Waals surface area (Å²) < 4.78 is 0. The molecule has 1 aliphatic carbocycles. The molecule has 1 heterocycles. The highest BCUT2D eigenvalue weighted by molar-refractivity contribution is 7.12. The van der Waals surface area contributed by atoms with Crippen LogP contribution in [-0.2, 0) is 9.59 Å². The van der Waals surface area contributed by atoms with Gasteiger partial charge < -0.3 is 5.11 Å². The average Bonchev–Trinajstić information content (AvgIpc) is 2.90. The van der Waals surface area contributed by atoms with Crippen molar-refractivity contribution in [3.63, 3.8) is 0 Å². The van der Waals surface area contributed by atoms with E-state index in [-0.39, 0.29) is 5.91 Å². The molecular weight excluding hydrogens is 292 g/mol. The van der Waals surface area contributed by atoms with Gasteiger partial charge in [-0.15, -0.1) is 11.3 Å². The van der Waals surface area contributed by atoms with Gasteiger partial charge in [0.25, 0.3) is 5.91 Å². The number of aryl methyl sites for hydroxylation is 1. The molecule has 2 atom stereocenters. The summed E-state index contributed by atoms with van der Waals surface area (Å²) in [6.07, 6.45) is 2.70. The molecule has 1 aromatic rings. The van der Waals surface area contributed by atoms with Crippen LogP contribution in [0, 0.1) is 18.8 Å². The van der Waals surface area contributed by atoms with E-state index in [0.29, 0.717) is 17.7 Å². The molecule has 2 rings (SSSR count). The second-order valence-corrected chi connectivity index (χ2v) is 6.13. The van der Waals surface area contributed by atoms with Crippen LogP contribution in [0.3, 0.4) is 0 Å². The molecule has 1 aromatic heterocycles. The summed E-state index contributed by atoms with van der Waals surface area (Å²) in [5, 5.41) is 11.0. The topological polar surface area (TPSA) is 95.5 Å². The first kappa shape index (κ1) is 15.5. The summed E-state index contributed by atoms with van der Waals surface area (Å²) in [7, 11) is 0. The first-order chi connectivity index (χ1) is 10.0.